The van der Waals surface area contributed by atoms with Crippen LogP contribution in [0.4, 0.5) is 0 Å². The number of nitrogens with zero attached hydrogens (tertiary/aromatic N) is 1. The molecule has 2 aromatic carbocycles. The number of amides is 1. The van der Waals surface area contributed by atoms with Crippen LogP contribution < -0.4 is 5.32 Å². The maximum atomic E-state index is 12.4. The molecule has 0 fully saturated rings. The van der Waals surface area contributed by atoms with Crippen molar-refractivity contribution >= 4 is 15.9 Å². The minimum Gasteiger partial charge on any atom is -0.355 e. The highest BCUT2D eigenvalue weighted by atomic mass is 32.2. The number of aryl methyl sites for hydroxylation is 2. The third-order valence-electron chi connectivity index (χ3n) is 3.86. The standard InChI is InChI=1S/C19H24N2O3S/c1-16-8-6-9-17(14-16)10-7-13-20-19(22)15-21(2)25(23,24)18-11-4-3-5-12-18/h3-6,8-9,11-12,14H,7,10,13,15H2,1-2H3,(H,20,22). The first-order chi connectivity index (χ1) is 11.9. The van der Waals surface area contributed by atoms with Crippen molar-refractivity contribution in [1.82, 2.24) is 9.62 Å². The van der Waals surface area contributed by atoms with Gasteiger partial charge in [0, 0.05) is 13.6 Å². The molecule has 6 heteroatoms. The maximum absolute atomic E-state index is 12.4. The topological polar surface area (TPSA) is 66.5 Å². The van der Waals surface area contributed by atoms with Gasteiger partial charge in [0.2, 0.25) is 15.9 Å². The Morgan fingerprint density at radius 1 is 1.08 bits per heavy atom. The second-order valence-corrected chi connectivity index (χ2v) is 8.06. The number of likely N-dealkylation sites (N-methyl/N-ethyl adjacent to an activating group) is 1. The van der Waals surface area contributed by atoms with Crippen molar-refractivity contribution < 1.29 is 13.2 Å². The van der Waals surface area contributed by atoms with Gasteiger partial charge in [-0.15, -0.1) is 0 Å². The molecule has 134 valence electrons. The van der Waals surface area contributed by atoms with Gasteiger partial charge in [-0.1, -0.05) is 48.0 Å². The maximum Gasteiger partial charge on any atom is 0.243 e. The molecule has 0 saturated carbocycles. The van der Waals surface area contributed by atoms with Crippen molar-refractivity contribution in [2.75, 3.05) is 20.1 Å². The molecule has 2 rings (SSSR count). The quantitative estimate of drug-likeness (QED) is 0.735. The molecule has 0 radical (unpaired) electrons. The van der Waals surface area contributed by atoms with Crippen LogP contribution in [-0.2, 0) is 21.2 Å². The summed E-state index contributed by atoms with van der Waals surface area (Å²) in [6, 6.07) is 16.4. The number of carbonyl (C=O) groups excluding carboxylic acids is 1. The molecule has 1 amide bonds. The van der Waals surface area contributed by atoms with Gasteiger partial charge >= 0.3 is 0 Å². The molecule has 5 nitrogen and oxygen atoms in total. The van der Waals surface area contributed by atoms with E-state index >= 15 is 0 Å². The van der Waals surface area contributed by atoms with Gasteiger partial charge in [-0.05, 0) is 37.5 Å². The molecule has 0 aromatic heterocycles. The van der Waals surface area contributed by atoms with Crippen LogP contribution in [0.3, 0.4) is 0 Å². The summed E-state index contributed by atoms with van der Waals surface area (Å²) in [5.41, 5.74) is 2.45. The van der Waals surface area contributed by atoms with Crippen LogP contribution in [-0.4, -0.2) is 38.8 Å². The van der Waals surface area contributed by atoms with Gasteiger partial charge in [-0.25, -0.2) is 8.42 Å². The minimum absolute atomic E-state index is 0.185. The summed E-state index contributed by atoms with van der Waals surface area (Å²) in [6.07, 6.45) is 1.68. The van der Waals surface area contributed by atoms with Gasteiger partial charge in [-0.3, -0.25) is 4.79 Å². The highest BCUT2D eigenvalue weighted by molar-refractivity contribution is 7.89. The number of nitrogens with one attached hydrogen (secondary N) is 1. The Bertz CT molecular complexity index is 804. The summed E-state index contributed by atoms with van der Waals surface area (Å²) in [4.78, 5) is 12.2. The van der Waals surface area contributed by atoms with Crippen LogP contribution in [0.5, 0.6) is 0 Å². The smallest absolute Gasteiger partial charge is 0.243 e. The lowest BCUT2D eigenvalue weighted by Crippen LogP contribution is -2.38. The van der Waals surface area contributed by atoms with E-state index in [2.05, 4.69) is 17.4 Å². The van der Waals surface area contributed by atoms with E-state index in [1.165, 1.54) is 30.3 Å². The van der Waals surface area contributed by atoms with E-state index in [9.17, 15) is 13.2 Å². The molecule has 0 unspecified atom stereocenters. The molecule has 0 bridgehead atoms. The Hall–Kier alpha value is -2.18. The summed E-state index contributed by atoms with van der Waals surface area (Å²) in [5, 5.41) is 2.78. The summed E-state index contributed by atoms with van der Waals surface area (Å²) in [5.74, 6) is -0.300. The van der Waals surface area contributed by atoms with Crippen molar-refractivity contribution in [2.45, 2.75) is 24.7 Å². The molecule has 2 aromatic rings. The largest absolute Gasteiger partial charge is 0.355 e. The first-order valence-corrected chi connectivity index (χ1v) is 9.67. The lowest BCUT2D eigenvalue weighted by atomic mass is 10.1. The molecule has 0 saturated heterocycles. The molecule has 0 atom stereocenters. The summed E-state index contributed by atoms with van der Waals surface area (Å²) >= 11 is 0. The summed E-state index contributed by atoms with van der Waals surface area (Å²) in [6.45, 7) is 2.38. The van der Waals surface area contributed by atoms with Crippen LogP contribution >= 0.6 is 0 Å². The van der Waals surface area contributed by atoms with Crippen molar-refractivity contribution in [3.63, 3.8) is 0 Å². The van der Waals surface area contributed by atoms with Gasteiger partial charge < -0.3 is 5.32 Å². The van der Waals surface area contributed by atoms with E-state index in [-0.39, 0.29) is 17.3 Å². The molecule has 0 aliphatic rings. The Morgan fingerprint density at radius 2 is 1.80 bits per heavy atom. The average molecular weight is 360 g/mol. The SMILES string of the molecule is Cc1cccc(CCCNC(=O)CN(C)S(=O)(=O)c2ccccc2)c1. The van der Waals surface area contributed by atoms with E-state index in [1.54, 1.807) is 18.2 Å². The monoisotopic (exact) mass is 360 g/mol. The lowest BCUT2D eigenvalue weighted by molar-refractivity contribution is -0.121. The Balaban J connectivity index is 1.78. The van der Waals surface area contributed by atoms with Gasteiger partial charge in [0.25, 0.3) is 0 Å². The predicted molar refractivity (Wildman–Crippen MR) is 98.8 cm³/mol. The van der Waals surface area contributed by atoms with Gasteiger partial charge in [0.05, 0.1) is 11.4 Å². The molecular weight excluding hydrogens is 336 g/mol. The fourth-order valence-corrected chi connectivity index (χ4v) is 3.65. The van der Waals surface area contributed by atoms with Crippen molar-refractivity contribution in [1.29, 1.82) is 0 Å². The lowest BCUT2D eigenvalue weighted by Gasteiger charge is -2.16. The average Bonchev–Trinajstić information content (AvgIpc) is 2.59. The highest BCUT2D eigenvalue weighted by Crippen LogP contribution is 2.12. The number of hydrogen-bond donors (Lipinski definition) is 1. The summed E-state index contributed by atoms with van der Waals surface area (Å²) < 4.78 is 25.8. The molecule has 25 heavy (non-hydrogen) atoms. The number of sulfonamides is 1. The van der Waals surface area contributed by atoms with E-state index in [4.69, 9.17) is 0 Å². The molecule has 0 heterocycles. The van der Waals surface area contributed by atoms with Gasteiger partial charge in [0.1, 0.15) is 0 Å². The normalized spacial score (nSPS) is 11.5. The van der Waals surface area contributed by atoms with Crippen LogP contribution in [0.25, 0.3) is 0 Å². The fourth-order valence-electron chi connectivity index (χ4n) is 2.50. The third-order valence-corrected chi connectivity index (χ3v) is 5.68. The van der Waals surface area contributed by atoms with Crippen LogP contribution in [0.1, 0.15) is 17.5 Å². The Kier molecular flexibility index (Phi) is 6.73. The van der Waals surface area contributed by atoms with Crippen LogP contribution in [0.15, 0.2) is 59.5 Å². The zero-order valence-corrected chi connectivity index (χ0v) is 15.4. The number of rotatable bonds is 8. The number of hydrogen-bond acceptors (Lipinski definition) is 3. The zero-order valence-electron chi connectivity index (χ0n) is 14.6. The Labute approximate surface area is 149 Å². The zero-order chi connectivity index (χ0) is 18.3. The van der Waals surface area contributed by atoms with E-state index < -0.39 is 10.0 Å². The van der Waals surface area contributed by atoms with Gasteiger partial charge in [0.15, 0.2) is 0 Å². The minimum atomic E-state index is -3.64. The van der Waals surface area contributed by atoms with Crippen LogP contribution in [0, 0.1) is 6.92 Å². The molecule has 0 spiro atoms. The molecule has 1 N–H and O–H groups in total. The number of carbonyl (C=O) groups is 1. The van der Waals surface area contributed by atoms with Crippen molar-refractivity contribution in [3.8, 4) is 0 Å². The molecule has 0 aliphatic heterocycles. The van der Waals surface area contributed by atoms with Gasteiger partial charge in [-0.2, -0.15) is 4.31 Å². The van der Waals surface area contributed by atoms with E-state index in [0.717, 1.165) is 17.1 Å². The van der Waals surface area contributed by atoms with E-state index in [1.807, 2.05) is 19.1 Å². The summed E-state index contributed by atoms with van der Waals surface area (Å²) in [7, 11) is -2.23. The van der Waals surface area contributed by atoms with Crippen LogP contribution in [0.2, 0.25) is 0 Å². The second kappa shape index (κ2) is 8.78. The Morgan fingerprint density at radius 3 is 2.48 bits per heavy atom. The van der Waals surface area contributed by atoms with Crippen molar-refractivity contribution in [3.05, 3.63) is 65.7 Å². The fraction of sp³-hybridized carbons (Fsp3) is 0.316. The second-order valence-electron chi connectivity index (χ2n) is 6.02. The van der Waals surface area contributed by atoms with E-state index in [0.29, 0.717) is 6.54 Å². The highest BCUT2D eigenvalue weighted by Gasteiger charge is 2.22. The molecule has 0 aliphatic carbocycles. The number of benzene rings is 2. The van der Waals surface area contributed by atoms with Crippen molar-refractivity contribution in [2.24, 2.45) is 0 Å². The first-order valence-electron chi connectivity index (χ1n) is 8.23. The first kappa shape index (κ1) is 19.1. The predicted octanol–water partition coefficient (Wildman–Crippen LogP) is 2.36. The third kappa shape index (κ3) is 5.69. The molecular formula is C19H24N2O3S.